The van der Waals surface area contributed by atoms with Crippen LogP contribution >= 0.6 is 0 Å². The predicted molar refractivity (Wildman–Crippen MR) is 55.7 cm³/mol. The van der Waals surface area contributed by atoms with Crippen molar-refractivity contribution in [1.29, 1.82) is 0 Å². The summed E-state index contributed by atoms with van der Waals surface area (Å²) in [6, 6.07) is 0. The van der Waals surface area contributed by atoms with Gasteiger partial charge in [-0.15, -0.1) is 0 Å². The number of likely N-dealkylation sites (tertiary alicyclic amines) is 1. The first-order chi connectivity index (χ1) is 6.68. The highest BCUT2D eigenvalue weighted by Gasteiger charge is 2.57. The maximum atomic E-state index is 11.1. The molecule has 3 nitrogen and oxygen atoms in total. The number of carbonyl (C=O) groups is 1. The number of primary amides is 1. The zero-order chi connectivity index (χ0) is 10.2. The zero-order valence-electron chi connectivity index (χ0n) is 8.96. The molecule has 1 saturated heterocycles. The first-order valence-electron chi connectivity index (χ1n) is 5.69. The van der Waals surface area contributed by atoms with Crippen molar-refractivity contribution in [3.05, 3.63) is 0 Å². The minimum absolute atomic E-state index is 0.0751. The van der Waals surface area contributed by atoms with Crippen molar-refractivity contribution in [3.8, 4) is 0 Å². The summed E-state index contributed by atoms with van der Waals surface area (Å²) in [5.41, 5.74) is 5.67. The van der Waals surface area contributed by atoms with Crippen molar-refractivity contribution in [2.45, 2.75) is 32.6 Å². The molecule has 3 heteroatoms. The summed E-state index contributed by atoms with van der Waals surface area (Å²) in [7, 11) is 0. The fourth-order valence-electron chi connectivity index (χ4n) is 2.84. The molecule has 14 heavy (non-hydrogen) atoms. The highest BCUT2D eigenvalue weighted by atomic mass is 16.1. The summed E-state index contributed by atoms with van der Waals surface area (Å²) in [6.07, 6.45) is 4.65. The third-order valence-corrected chi connectivity index (χ3v) is 3.92. The Morgan fingerprint density at radius 3 is 2.57 bits per heavy atom. The fourth-order valence-corrected chi connectivity index (χ4v) is 2.84. The Morgan fingerprint density at radius 2 is 2.14 bits per heavy atom. The molecule has 1 spiro atoms. The number of nitrogens with two attached hydrogens (primary N) is 1. The second kappa shape index (κ2) is 3.54. The first-order valence-corrected chi connectivity index (χ1v) is 5.69. The van der Waals surface area contributed by atoms with Crippen LogP contribution in [-0.2, 0) is 4.79 Å². The van der Waals surface area contributed by atoms with Crippen LogP contribution in [0, 0.1) is 11.3 Å². The number of piperidine rings is 1. The third-order valence-electron chi connectivity index (χ3n) is 3.92. The van der Waals surface area contributed by atoms with Crippen LogP contribution in [-0.4, -0.2) is 30.4 Å². The van der Waals surface area contributed by atoms with Gasteiger partial charge < -0.3 is 10.6 Å². The van der Waals surface area contributed by atoms with Crippen LogP contribution in [0.2, 0.25) is 0 Å². The van der Waals surface area contributed by atoms with Crippen LogP contribution in [0.1, 0.15) is 32.6 Å². The molecule has 1 saturated carbocycles. The molecule has 1 unspecified atom stereocenters. The van der Waals surface area contributed by atoms with Crippen molar-refractivity contribution in [1.82, 2.24) is 4.90 Å². The number of rotatable bonds is 3. The molecular formula is C11H20N2O. The SMILES string of the molecule is CCCN1CCC2(CC1)CC2C(N)=O. The zero-order valence-corrected chi connectivity index (χ0v) is 8.96. The average molecular weight is 196 g/mol. The maximum absolute atomic E-state index is 11.1. The molecule has 0 aromatic carbocycles. The number of hydrogen-bond acceptors (Lipinski definition) is 2. The molecule has 1 aliphatic carbocycles. The molecule has 0 aromatic heterocycles. The molecule has 80 valence electrons. The van der Waals surface area contributed by atoms with Gasteiger partial charge in [-0.25, -0.2) is 0 Å². The van der Waals surface area contributed by atoms with E-state index in [2.05, 4.69) is 11.8 Å². The Bertz CT molecular complexity index is 231. The molecule has 1 heterocycles. The summed E-state index contributed by atoms with van der Waals surface area (Å²) in [4.78, 5) is 13.6. The molecule has 2 rings (SSSR count). The molecule has 2 fully saturated rings. The Hall–Kier alpha value is -0.570. The minimum Gasteiger partial charge on any atom is -0.369 e. The van der Waals surface area contributed by atoms with Gasteiger partial charge in [-0.2, -0.15) is 0 Å². The van der Waals surface area contributed by atoms with Gasteiger partial charge in [0.2, 0.25) is 5.91 Å². The number of nitrogens with zero attached hydrogens (tertiary/aromatic N) is 1. The van der Waals surface area contributed by atoms with Crippen molar-refractivity contribution in [3.63, 3.8) is 0 Å². The summed E-state index contributed by atoms with van der Waals surface area (Å²) < 4.78 is 0. The number of amides is 1. The molecule has 0 bridgehead atoms. The second-order valence-corrected chi connectivity index (χ2v) is 4.86. The van der Waals surface area contributed by atoms with E-state index >= 15 is 0 Å². The van der Waals surface area contributed by atoms with Crippen LogP contribution in [0.3, 0.4) is 0 Å². The van der Waals surface area contributed by atoms with Gasteiger partial charge in [0, 0.05) is 5.92 Å². The Kier molecular flexibility index (Phi) is 2.52. The van der Waals surface area contributed by atoms with Crippen LogP contribution in [0.25, 0.3) is 0 Å². The van der Waals surface area contributed by atoms with Crippen molar-refractivity contribution in [2.75, 3.05) is 19.6 Å². The summed E-state index contributed by atoms with van der Waals surface area (Å²) >= 11 is 0. The van der Waals surface area contributed by atoms with Crippen LogP contribution in [0.15, 0.2) is 0 Å². The smallest absolute Gasteiger partial charge is 0.221 e. The largest absolute Gasteiger partial charge is 0.369 e. The Balaban J connectivity index is 1.83. The molecule has 0 radical (unpaired) electrons. The van der Waals surface area contributed by atoms with E-state index in [0.29, 0.717) is 5.41 Å². The van der Waals surface area contributed by atoms with Crippen molar-refractivity contribution < 1.29 is 4.79 Å². The van der Waals surface area contributed by atoms with Gasteiger partial charge in [0.15, 0.2) is 0 Å². The lowest BCUT2D eigenvalue weighted by molar-refractivity contribution is -0.120. The van der Waals surface area contributed by atoms with Gasteiger partial charge >= 0.3 is 0 Å². The summed E-state index contributed by atoms with van der Waals surface area (Å²) in [5, 5.41) is 0. The predicted octanol–water partition coefficient (Wildman–Crippen LogP) is 0.984. The van der Waals surface area contributed by atoms with E-state index in [1.165, 1.54) is 25.8 Å². The van der Waals surface area contributed by atoms with E-state index in [-0.39, 0.29) is 11.8 Å². The number of carbonyl (C=O) groups excluding carboxylic acids is 1. The van der Waals surface area contributed by atoms with Crippen molar-refractivity contribution >= 4 is 5.91 Å². The van der Waals surface area contributed by atoms with Crippen LogP contribution in [0.4, 0.5) is 0 Å². The normalized spacial score (nSPS) is 30.5. The van der Waals surface area contributed by atoms with Gasteiger partial charge in [-0.1, -0.05) is 6.92 Å². The summed E-state index contributed by atoms with van der Waals surface area (Å²) in [6.45, 7) is 5.75. The molecule has 2 aliphatic rings. The molecule has 0 aromatic rings. The Labute approximate surface area is 85.6 Å². The fraction of sp³-hybridized carbons (Fsp3) is 0.909. The van der Waals surface area contributed by atoms with Crippen molar-refractivity contribution in [2.24, 2.45) is 17.1 Å². The highest BCUT2D eigenvalue weighted by Crippen LogP contribution is 2.59. The van der Waals surface area contributed by atoms with Gasteiger partial charge in [0.1, 0.15) is 0 Å². The average Bonchev–Trinajstić information content (AvgIpc) is 2.85. The molecular weight excluding hydrogens is 176 g/mol. The topological polar surface area (TPSA) is 46.3 Å². The molecule has 1 atom stereocenters. The quantitative estimate of drug-likeness (QED) is 0.731. The van der Waals surface area contributed by atoms with E-state index < -0.39 is 0 Å². The highest BCUT2D eigenvalue weighted by molar-refractivity contribution is 5.80. The van der Waals surface area contributed by atoms with Gasteiger partial charge in [-0.3, -0.25) is 4.79 Å². The second-order valence-electron chi connectivity index (χ2n) is 4.86. The van der Waals surface area contributed by atoms with Gasteiger partial charge in [-0.05, 0) is 50.7 Å². The lowest BCUT2D eigenvalue weighted by Gasteiger charge is -2.32. The van der Waals surface area contributed by atoms with E-state index in [9.17, 15) is 4.79 Å². The first kappa shape index (κ1) is 9.97. The lowest BCUT2D eigenvalue weighted by Crippen LogP contribution is -2.36. The third kappa shape index (κ3) is 1.65. The maximum Gasteiger partial charge on any atom is 0.221 e. The van der Waals surface area contributed by atoms with E-state index in [4.69, 9.17) is 5.73 Å². The Morgan fingerprint density at radius 1 is 1.50 bits per heavy atom. The minimum atomic E-state index is -0.0751. The van der Waals surface area contributed by atoms with Gasteiger partial charge in [0.25, 0.3) is 0 Å². The molecule has 1 amide bonds. The number of hydrogen-bond donors (Lipinski definition) is 1. The van der Waals surface area contributed by atoms with Crippen LogP contribution in [0.5, 0.6) is 0 Å². The standard InChI is InChI=1S/C11H20N2O/c1-2-5-13-6-3-11(4-7-13)8-9(11)10(12)14/h9H,2-8H2,1H3,(H2,12,14). The van der Waals surface area contributed by atoms with E-state index in [1.807, 2.05) is 0 Å². The van der Waals surface area contributed by atoms with Crippen LogP contribution < -0.4 is 5.73 Å². The van der Waals surface area contributed by atoms with E-state index in [1.54, 1.807) is 0 Å². The monoisotopic (exact) mass is 196 g/mol. The van der Waals surface area contributed by atoms with Gasteiger partial charge in [0.05, 0.1) is 0 Å². The summed E-state index contributed by atoms with van der Waals surface area (Å²) in [5.74, 6) is 0.125. The lowest BCUT2D eigenvalue weighted by atomic mass is 9.90. The molecule has 2 N–H and O–H groups in total. The molecule has 1 aliphatic heterocycles. The van der Waals surface area contributed by atoms with E-state index in [0.717, 1.165) is 19.5 Å².